The highest BCUT2D eigenvalue weighted by atomic mass is 14.7. The summed E-state index contributed by atoms with van der Waals surface area (Å²) in [5.41, 5.74) is 7.74. The Kier molecular flexibility index (Phi) is 5.25. The van der Waals surface area contributed by atoms with Crippen LogP contribution in [-0.2, 0) is 6.42 Å². The minimum absolute atomic E-state index is 0.462. The van der Waals surface area contributed by atoms with Crippen LogP contribution >= 0.6 is 0 Å². The maximum atomic E-state index is 6.28. The molecule has 1 heteroatoms. The lowest BCUT2D eigenvalue weighted by Crippen LogP contribution is -2.36. The molecule has 2 rings (SSSR count). The number of hydrogen-bond acceptors (Lipinski definition) is 1. The summed E-state index contributed by atoms with van der Waals surface area (Å²) < 4.78 is 0. The number of nitrogens with two attached hydrogens (primary N) is 1. The van der Waals surface area contributed by atoms with Crippen LogP contribution in [0.5, 0.6) is 0 Å². The SMILES string of the molecule is CCC1CCC(N)C(CCCc2ccccc2)C1. The van der Waals surface area contributed by atoms with Crippen molar-refractivity contribution in [2.75, 3.05) is 0 Å². The van der Waals surface area contributed by atoms with Gasteiger partial charge in [-0.15, -0.1) is 0 Å². The van der Waals surface area contributed by atoms with Gasteiger partial charge in [0.05, 0.1) is 0 Å². The molecule has 0 saturated heterocycles. The molecule has 0 spiro atoms. The Morgan fingerprint density at radius 3 is 2.67 bits per heavy atom. The van der Waals surface area contributed by atoms with E-state index in [2.05, 4.69) is 37.3 Å². The summed E-state index contributed by atoms with van der Waals surface area (Å²) >= 11 is 0. The van der Waals surface area contributed by atoms with Crippen molar-refractivity contribution in [3.8, 4) is 0 Å². The van der Waals surface area contributed by atoms with Crippen molar-refractivity contribution < 1.29 is 0 Å². The third kappa shape index (κ3) is 3.84. The van der Waals surface area contributed by atoms with E-state index in [1.54, 1.807) is 0 Å². The minimum Gasteiger partial charge on any atom is -0.327 e. The summed E-state index contributed by atoms with van der Waals surface area (Å²) in [5, 5.41) is 0. The molecule has 3 atom stereocenters. The van der Waals surface area contributed by atoms with E-state index in [-0.39, 0.29) is 0 Å². The van der Waals surface area contributed by atoms with Crippen LogP contribution in [0.15, 0.2) is 30.3 Å². The number of benzene rings is 1. The fraction of sp³-hybridized carbons (Fsp3) is 0.647. The first kappa shape index (κ1) is 13.6. The van der Waals surface area contributed by atoms with Crippen molar-refractivity contribution in [3.05, 3.63) is 35.9 Å². The molecule has 2 N–H and O–H groups in total. The molecule has 0 bridgehead atoms. The van der Waals surface area contributed by atoms with Crippen molar-refractivity contribution in [2.24, 2.45) is 17.6 Å². The Morgan fingerprint density at radius 1 is 1.17 bits per heavy atom. The molecule has 1 nitrogen and oxygen atoms in total. The number of hydrogen-bond donors (Lipinski definition) is 1. The molecule has 1 aliphatic rings. The van der Waals surface area contributed by atoms with Crippen LogP contribution in [-0.4, -0.2) is 6.04 Å². The zero-order valence-corrected chi connectivity index (χ0v) is 11.6. The quantitative estimate of drug-likeness (QED) is 0.828. The molecular formula is C17H27N. The molecule has 0 aromatic heterocycles. The highest BCUT2D eigenvalue weighted by Gasteiger charge is 2.26. The third-order valence-corrected chi connectivity index (χ3v) is 4.61. The summed E-state index contributed by atoms with van der Waals surface area (Å²) in [4.78, 5) is 0. The molecule has 0 amide bonds. The van der Waals surface area contributed by atoms with Crippen LogP contribution in [0.25, 0.3) is 0 Å². The van der Waals surface area contributed by atoms with E-state index in [0.717, 1.165) is 11.8 Å². The molecule has 1 aliphatic carbocycles. The van der Waals surface area contributed by atoms with Gasteiger partial charge in [0.1, 0.15) is 0 Å². The van der Waals surface area contributed by atoms with Gasteiger partial charge in [0.15, 0.2) is 0 Å². The van der Waals surface area contributed by atoms with Crippen LogP contribution in [0, 0.1) is 11.8 Å². The van der Waals surface area contributed by atoms with E-state index in [0.29, 0.717) is 6.04 Å². The standard InChI is InChI=1S/C17H27N/c1-2-14-11-12-17(18)16(13-14)10-6-9-15-7-4-3-5-8-15/h3-5,7-8,14,16-17H,2,6,9-13,18H2,1H3. The summed E-state index contributed by atoms with van der Waals surface area (Å²) in [6, 6.07) is 11.3. The maximum Gasteiger partial charge on any atom is 0.00673 e. The van der Waals surface area contributed by atoms with Gasteiger partial charge in [-0.3, -0.25) is 0 Å². The monoisotopic (exact) mass is 245 g/mol. The first-order valence-electron chi connectivity index (χ1n) is 7.59. The van der Waals surface area contributed by atoms with Gasteiger partial charge in [-0.1, -0.05) is 43.7 Å². The zero-order chi connectivity index (χ0) is 12.8. The molecule has 0 heterocycles. The van der Waals surface area contributed by atoms with Crippen molar-refractivity contribution >= 4 is 0 Å². The van der Waals surface area contributed by atoms with Gasteiger partial charge in [0, 0.05) is 6.04 Å². The lowest BCUT2D eigenvalue weighted by atomic mass is 9.75. The second-order valence-corrected chi connectivity index (χ2v) is 5.89. The summed E-state index contributed by atoms with van der Waals surface area (Å²) in [5.74, 6) is 1.71. The summed E-state index contributed by atoms with van der Waals surface area (Å²) in [7, 11) is 0. The predicted octanol–water partition coefficient (Wildman–Crippen LogP) is 4.16. The normalized spacial score (nSPS) is 28.2. The maximum absolute atomic E-state index is 6.28. The molecule has 3 unspecified atom stereocenters. The smallest absolute Gasteiger partial charge is 0.00673 e. The van der Waals surface area contributed by atoms with Gasteiger partial charge < -0.3 is 5.73 Å². The highest BCUT2D eigenvalue weighted by molar-refractivity contribution is 5.14. The Labute approximate surface area is 112 Å². The first-order valence-corrected chi connectivity index (χ1v) is 7.59. The Hall–Kier alpha value is -0.820. The average Bonchev–Trinajstić information content (AvgIpc) is 2.42. The van der Waals surface area contributed by atoms with Crippen molar-refractivity contribution in [1.29, 1.82) is 0 Å². The Morgan fingerprint density at radius 2 is 1.94 bits per heavy atom. The van der Waals surface area contributed by atoms with E-state index < -0.39 is 0 Å². The van der Waals surface area contributed by atoms with Gasteiger partial charge in [0.2, 0.25) is 0 Å². The molecule has 100 valence electrons. The molecule has 1 saturated carbocycles. The Balaban J connectivity index is 1.75. The van der Waals surface area contributed by atoms with Crippen LogP contribution < -0.4 is 5.73 Å². The van der Waals surface area contributed by atoms with Crippen LogP contribution in [0.4, 0.5) is 0 Å². The third-order valence-electron chi connectivity index (χ3n) is 4.61. The van der Waals surface area contributed by atoms with Gasteiger partial charge >= 0.3 is 0 Å². The average molecular weight is 245 g/mol. The van der Waals surface area contributed by atoms with E-state index in [4.69, 9.17) is 5.73 Å². The van der Waals surface area contributed by atoms with Crippen LogP contribution in [0.1, 0.15) is 51.0 Å². The fourth-order valence-corrected chi connectivity index (χ4v) is 3.30. The summed E-state index contributed by atoms with van der Waals surface area (Å²) in [6.07, 6.45) is 9.11. The lowest BCUT2D eigenvalue weighted by Gasteiger charge is -2.33. The van der Waals surface area contributed by atoms with Gasteiger partial charge in [-0.2, -0.15) is 0 Å². The van der Waals surface area contributed by atoms with Crippen molar-refractivity contribution in [1.82, 2.24) is 0 Å². The number of aryl methyl sites for hydroxylation is 1. The molecular weight excluding hydrogens is 218 g/mol. The van der Waals surface area contributed by atoms with Gasteiger partial charge in [0.25, 0.3) is 0 Å². The molecule has 1 aromatic carbocycles. The summed E-state index contributed by atoms with van der Waals surface area (Å²) in [6.45, 7) is 2.32. The van der Waals surface area contributed by atoms with Crippen LogP contribution in [0.2, 0.25) is 0 Å². The van der Waals surface area contributed by atoms with Crippen molar-refractivity contribution in [2.45, 2.75) is 57.9 Å². The second-order valence-electron chi connectivity index (χ2n) is 5.89. The molecule has 0 aliphatic heterocycles. The van der Waals surface area contributed by atoms with E-state index >= 15 is 0 Å². The predicted molar refractivity (Wildman–Crippen MR) is 78.5 cm³/mol. The molecule has 1 fully saturated rings. The zero-order valence-electron chi connectivity index (χ0n) is 11.6. The largest absolute Gasteiger partial charge is 0.327 e. The topological polar surface area (TPSA) is 26.0 Å². The lowest BCUT2D eigenvalue weighted by molar-refractivity contribution is 0.215. The minimum atomic E-state index is 0.462. The van der Waals surface area contributed by atoms with E-state index in [1.165, 1.54) is 50.5 Å². The molecule has 0 radical (unpaired) electrons. The fourth-order valence-electron chi connectivity index (χ4n) is 3.30. The van der Waals surface area contributed by atoms with Gasteiger partial charge in [-0.05, 0) is 55.9 Å². The van der Waals surface area contributed by atoms with Gasteiger partial charge in [-0.25, -0.2) is 0 Å². The first-order chi connectivity index (χ1) is 8.79. The second kappa shape index (κ2) is 6.94. The van der Waals surface area contributed by atoms with Crippen molar-refractivity contribution in [3.63, 3.8) is 0 Å². The Bertz CT molecular complexity index is 333. The van der Waals surface area contributed by atoms with E-state index in [1.807, 2.05) is 0 Å². The number of rotatable bonds is 5. The van der Waals surface area contributed by atoms with Crippen LogP contribution in [0.3, 0.4) is 0 Å². The molecule has 18 heavy (non-hydrogen) atoms. The molecule has 1 aromatic rings. The highest BCUT2D eigenvalue weighted by Crippen LogP contribution is 2.33. The van der Waals surface area contributed by atoms with E-state index in [9.17, 15) is 0 Å².